The van der Waals surface area contributed by atoms with Gasteiger partial charge in [-0.3, -0.25) is 0 Å². The van der Waals surface area contributed by atoms with Gasteiger partial charge in [0.1, 0.15) is 6.61 Å². The summed E-state index contributed by atoms with van der Waals surface area (Å²) in [6.07, 6.45) is 0. The lowest BCUT2D eigenvalue weighted by Gasteiger charge is -2.17. The third-order valence-electron chi connectivity index (χ3n) is 2.83. The number of rotatable bonds is 3. The van der Waals surface area contributed by atoms with Crippen LogP contribution in [-0.4, -0.2) is 0 Å². The zero-order chi connectivity index (χ0) is 18.3. The fraction of sp³-hybridized carbons (Fsp3) is 0.0769. The first kappa shape index (κ1) is 23.3. The average molecular weight is 973 g/mol. The van der Waals surface area contributed by atoms with E-state index in [-0.39, 0.29) is 0 Å². The second kappa shape index (κ2) is 9.69. The predicted molar refractivity (Wildman–Crippen MR) is 134 cm³/mol. The van der Waals surface area contributed by atoms with E-state index in [4.69, 9.17) is 4.74 Å². The number of ether oxygens (including phenoxy) is 1. The van der Waals surface area contributed by atoms with Crippen LogP contribution in [0.1, 0.15) is 5.56 Å². The van der Waals surface area contributed by atoms with Crippen LogP contribution in [0.4, 0.5) is 0 Å². The third-order valence-corrected chi connectivity index (χ3v) is 15.1. The van der Waals surface area contributed by atoms with Gasteiger partial charge in [0.25, 0.3) is 0 Å². The Balaban J connectivity index is 2.48. The van der Waals surface area contributed by atoms with Crippen molar-refractivity contribution in [3.63, 3.8) is 0 Å². The molecule has 0 saturated carbocycles. The molecule has 11 heteroatoms. The summed E-state index contributed by atoms with van der Waals surface area (Å²) in [5.74, 6) is 0.686. The van der Waals surface area contributed by atoms with E-state index >= 15 is 0 Å². The molecule has 0 N–H and O–H groups in total. The highest BCUT2D eigenvalue weighted by Crippen LogP contribution is 2.50. The second-order valence-electron chi connectivity index (χ2n) is 4.24. The van der Waals surface area contributed by atoms with Crippen molar-refractivity contribution in [2.24, 2.45) is 0 Å². The molecule has 24 heavy (non-hydrogen) atoms. The van der Waals surface area contributed by atoms with Crippen LogP contribution in [0.25, 0.3) is 0 Å². The van der Waals surface area contributed by atoms with Crippen molar-refractivity contribution in [2.75, 3.05) is 0 Å². The molecule has 0 amide bonds. The average Bonchev–Trinajstić information content (AvgIpc) is 2.57. The van der Waals surface area contributed by atoms with Gasteiger partial charge in [-0.25, -0.2) is 0 Å². The molecule has 0 bridgehead atoms. The Kier molecular flexibility index (Phi) is 9.42. The maximum absolute atomic E-state index is 6.09. The van der Waals surface area contributed by atoms with Crippen molar-refractivity contribution in [3.05, 3.63) is 50.3 Å². The molecule has 2 rings (SSSR count). The molecule has 0 aliphatic carbocycles. The van der Waals surface area contributed by atoms with Gasteiger partial charge >= 0.3 is 0 Å². The Morgan fingerprint density at radius 1 is 0.417 bits per heavy atom. The van der Waals surface area contributed by atoms with Crippen molar-refractivity contribution in [1.82, 2.24) is 0 Å². The highest BCUT2D eigenvalue weighted by molar-refractivity contribution is 9.16. The highest BCUT2D eigenvalue weighted by atomic mass is 79.9. The molecule has 0 fully saturated rings. The van der Waals surface area contributed by atoms with Crippen molar-refractivity contribution >= 4 is 159 Å². The van der Waals surface area contributed by atoms with Gasteiger partial charge < -0.3 is 4.74 Å². The van der Waals surface area contributed by atoms with E-state index in [2.05, 4.69) is 159 Å². The molecule has 0 radical (unpaired) electrons. The summed E-state index contributed by atoms with van der Waals surface area (Å²) in [7, 11) is 0. The van der Waals surface area contributed by atoms with E-state index in [1.54, 1.807) is 0 Å². The third kappa shape index (κ3) is 4.61. The van der Waals surface area contributed by atoms with E-state index in [0.29, 0.717) is 12.4 Å². The number of halogens is 10. The molecule has 0 aromatic heterocycles. The zero-order valence-corrected chi connectivity index (χ0v) is 26.8. The van der Waals surface area contributed by atoms with Crippen LogP contribution in [0.3, 0.4) is 0 Å². The van der Waals surface area contributed by atoms with Crippen LogP contribution in [0.5, 0.6) is 5.75 Å². The Hall–Kier alpha value is 3.04. The van der Waals surface area contributed by atoms with Crippen LogP contribution < -0.4 is 4.74 Å². The van der Waals surface area contributed by atoms with E-state index in [0.717, 1.165) is 50.3 Å². The fourth-order valence-corrected chi connectivity index (χ4v) is 8.23. The van der Waals surface area contributed by atoms with Gasteiger partial charge in [-0.15, -0.1) is 0 Å². The Labute approximate surface area is 223 Å². The maximum Gasteiger partial charge on any atom is 0.150 e. The minimum Gasteiger partial charge on any atom is -0.486 e. The summed E-state index contributed by atoms with van der Waals surface area (Å²) in [6.45, 7) is 0.351. The second-order valence-corrected chi connectivity index (χ2v) is 12.2. The predicted octanol–water partition coefficient (Wildman–Crippen LogP) is 10.9. The summed E-state index contributed by atoms with van der Waals surface area (Å²) in [4.78, 5) is 0. The minimum absolute atomic E-state index is 0.351. The number of hydrogen-bond acceptors (Lipinski definition) is 1. The standard InChI is InChI=1S/C13H2Br10O/c14-3-2(4(15)6(17)7(18)5(3)16)1-24-13-11(22)9(20)8(19)10(21)12(13)23/h1H2. The molecule has 2 aromatic rings. The van der Waals surface area contributed by atoms with E-state index in [1.165, 1.54) is 0 Å². The summed E-state index contributed by atoms with van der Waals surface area (Å²) >= 11 is 35.6. The largest absolute Gasteiger partial charge is 0.486 e. The summed E-state index contributed by atoms with van der Waals surface area (Å²) < 4.78 is 14.9. The molecular weight excluding hydrogens is 971 g/mol. The molecule has 130 valence electrons. The summed E-state index contributed by atoms with van der Waals surface area (Å²) in [5, 5.41) is 0. The highest BCUT2D eigenvalue weighted by Gasteiger charge is 2.22. The molecule has 0 aliphatic heterocycles. The summed E-state index contributed by atoms with van der Waals surface area (Å²) in [6, 6.07) is 0. The SMILES string of the molecule is Brc1c(Br)c(Br)c(COc2c(Br)c(Br)c(Br)c(Br)c2Br)c(Br)c1Br. The van der Waals surface area contributed by atoms with E-state index in [9.17, 15) is 0 Å². The van der Waals surface area contributed by atoms with Crippen LogP contribution in [0.2, 0.25) is 0 Å². The van der Waals surface area contributed by atoms with Crippen molar-refractivity contribution in [2.45, 2.75) is 6.61 Å². The minimum atomic E-state index is 0.351. The van der Waals surface area contributed by atoms with Crippen LogP contribution in [-0.2, 0) is 6.61 Å². The fourth-order valence-electron chi connectivity index (χ4n) is 1.63. The number of hydrogen-bond donors (Lipinski definition) is 0. The number of benzene rings is 2. The Morgan fingerprint density at radius 3 is 1.08 bits per heavy atom. The van der Waals surface area contributed by atoms with Crippen molar-refractivity contribution < 1.29 is 4.74 Å². The lowest BCUT2D eigenvalue weighted by atomic mass is 10.2. The van der Waals surface area contributed by atoms with Crippen LogP contribution >= 0.6 is 159 Å². The monoisotopic (exact) mass is 963 g/mol. The lowest BCUT2D eigenvalue weighted by molar-refractivity contribution is 0.300. The van der Waals surface area contributed by atoms with Crippen molar-refractivity contribution in [1.29, 1.82) is 0 Å². The molecular formula is C13H2Br10O. The first-order valence-corrected chi connectivity index (χ1v) is 13.7. The van der Waals surface area contributed by atoms with E-state index in [1.807, 2.05) is 0 Å². The van der Waals surface area contributed by atoms with Gasteiger partial charge in [0.2, 0.25) is 0 Å². The van der Waals surface area contributed by atoms with E-state index < -0.39 is 0 Å². The quantitative estimate of drug-likeness (QED) is 0.220. The molecule has 0 unspecified atom stereocenters. The molecule has 0 aliphatic rings. The van der Waals surface area contributed by atoms with Crippen LogP contribution in [0.15, 0.2) is 44.7 Å². The maximum atomic E-state index is 6.09. The molecule has 1 nitrogen and oxygen atoms in total. The van der Waals surface area contributed by atoms with Gasteiger partial charge in [-0.05, 0) is 159 Å². The Morgan fingerprint density at radius 2 is 0.708 bits per heavy atom. The molecule has 2 aromatic carbocycles. The summed E-state index contributed by atoms with van der Waals surface area (Å²) in [5.41, 5.74) is 0.964. The van der Waals surface area contributed by atoms with Gasteiger partial charge in [0, 0.05) is 32.4 Å². The van der Waals surface area contributed by atoms with Gasteiger partial charge in [0.05, 0.1) is 17.9 Å². The Bertz CT molecular complexity index is 705. The topological polar surface area (TPSA) is 9.23 Å². The smallest absolute Gasteiger partial charge is 0.150 e. The van der Waals surface area contributed by atoms with Crippen LogP contribution in [0, 0.1) is 0 Å². The molecule has 0 heterocycles. The van der Waals surface area contributed by atoms with Gasteiger partial charge in [-0.2, -0.15) is 0 Å². The zero-order valence-electron chi connectivity index (χ0n) is 10.9. The van der Waals surface area contributed by atoms with Gasteiger partial charge in [0.15, 0.2) is 5.75 Å². The normalized spacial score (nSPS) is 11.1. The first-order chi connectivity index (χ1) is 11.1. The molecule has 0 spiro atoms. The van der Waals surface area contributed by atoms with Gasteiger partial charge in [-0.1, -0.05) is 0 Å². The first-order valence-electron chi connectivity index (χ1n) is 5.74. The molecule has 0 saturated heterocycles. The lowest BCUT2D eigenvalue weighted by Crippen LogP contribution is -2.01. The molecule has 0 atom stereocenters. The van der Waals surface area contributed by atoms with Crippen molar-refractivity contribution in [3.8, 4) is 5.75 Å².